The van der Waals surface area contributed by atoms with Gasteiger partial charge in [0.1, 0.15) is 0 Å². The summed E-state index contributed by atoms with van der Waals surface area (Å²) < 4.78 is 4.92. The third-order valence-electron chi connectivity index (χ3n) is 13.1. The van der Waals surface area contributed by atoms with Crippen molar-refractivity contribution in [3.8, 4) is 73.1 Å². The van der Waals surface area contributed by atoms with Gasteiger partial charge in [-0.05, 0) is 129 Å². The minimum atomic E-state index is 0.628. The zero-order valence-corrected chi connectivity index (χ0v) is 35.8. The van der Waals surface area contributed by atoms with Crippen molar-refractivity contribution in [1.82, 2.24) is 9.13 Å². The van der Waals surface area contributed by atoms with Crippen molar-refractivity contribution in [2.75, 3.05) is 0 Å². The Morgan fingerprint density at radius 1 is 0.323 bits per heavy atom. The third-order valence-corrected chi connectivity index (χ3v) is 13.1. The number of benzene rings is 10. The molecule has 0 atom stereocenters. The van der Waals surface area contributed by atoms with Crippen molar-refractivity contribution in [2.45, 2.75) is 6.92 Å². The largest absolute Gasteiger partial charge is 0.309 e. The Balaban J connectivity index is 1.17. The zero-order chi connectivity index (χ0) is 43.4. The van der Waals surface area contributed by atoms with Gasteiger partial charge in [0, 0.05) is 27.1 Å². The fourth-order valence-electron chi connectivity index (χ4n) is 10.00. The molecule has 0 radical (unpaired) electrons. The minimum Gasteiger partial charge on any atom is -0.309 e. The zero-order valence-electron chi connectivity index (χ0n) is 35.8. The molecule has 3 nitrogen and oxygen atoms in total. The summed E-state index contributed by atoms with van der Waals surface area (Å²) in [7, 11) is 0. The lowest BCUT2D eigenvalue weighted by Crippen LogP contribution is -2.06. The van der Waals surface area contributed by atoms with Crippen LogP contribution in [0.2, 0.25) is 0 Å². The van der Waals surface area contributed by atoms with Gasteiger partial charge in [-0.15, -0.1) is 0 Å². The van der Waals surface area contributed by atoms with E-state index in [4.69, 9.17) is 0 Å². The van der Waals surface area contributed by atoms with Crippen LogP contribution >= 0.6 is 0 Å². The average molecular weight is 828 g/mol. The molecule has 0 aliphatic heterocycles. The van der Waals surface area contributed by atoms with Gasteiger partial charge in [-0.3, -0.25) is 0 Å². The van der Waals surface area contributed by atoms with Gasteiger partial charge in [-0.25, -0.2) is 0 Å². The molecule has 0 bridgehead atoms. The Bertz CT molecular complexity index is 3620. The van der Waals surface area contributed by atoms with E-state index in [1.165, 1.54) is 66.1 Å². The van der Waals surface area contributed by atoms with Crippen LogP contribution in [0.4, 0.5) is 0 Å². The van der Waals surface area contributed by atoms with Crippen molar-refractivity contribution in [2.24, 2.45) is 0 Å². The number of hydrogen-bond acceptors (Lipinski definition) is 1. The Morgan fingerprint density at radius 2 is 0.692 bits per heavy atom. The van der Waals surface area contributed by atoms with Crippen LogP contribution in [-0.2, 0) is 0 Å². The fraction of sp³-hybridized carbons (Fsp3) is 0.0161. The van der Waals surface area contributed by atoms with Crippen LogP contribution in [0.3, 0.4) is 0 Å². The molecule has 0 amide bonds. The first-order valence-electron chi connectivity index (χ1n) is 22.1. The molecule has 2 aromatic heterocycles. The maximum absolute atomic E-state index is 10.1. The van der Waals surface area contributed by atoms with Crippen LogP contribution in [0.15, 0.2) is 231 Å². The highest BCUT2D eigenvalue weighted by atomic mass is 15.0. The molecule has 2 heterocycles. The van der Waals surface area contributed by atoms with Crippen LogP contribution in [-0.4, -0.2) is 9.13 Å². The minimum absolute atomic E-state index is 0.628. The molecule has 0 fully saturated rings. The molecule has 0 saturated heterocycles. The number of rotatable bonds is 7. The van der Waals surface area contributed by atoms with E-state index >= 15 is 0 Å². The second kappa shape index (κ2) is 15.6. The molecule has 0 N–H and O–H groups in total. The second-order valence-electron chi connectivity index (χ2n) is 16.9. The van der Waals surface area contributed by atoms with Crippen LogP contribution in [0.25, 0.3) is 111 Å². The van der Waals surface area contributed by atoms with Crippen molar-refractivity contribution in [1.29, 1.82) is 5.26 Å². The van der Waals surface area contributed by atoms with E-state index < -0.39 is 0 Å². The van der Waals surface area contributed by atoms with Gasteiger partial charge >= 0.3 is 0 Å². The third kappa shape index (κ3) is 6.43. The lowest BCUT2D eigenvalue weighted by molar-refractivity contribution is 1.10. The molecule has 3 heteroatoms. The Hall–Kier alpha value is -8.71. The van der Waals surface area contributed by atoms with Crippen LogP contribution in [0, 0.1) is 18.3 Å². The summed E-state index contributed by atoms with van der Waals surface area (Å²) >= 11 is 0. The van der Waals surface area contributed by atoms with Crippen molar-refractivity contribution in [3.05, 3.63) is 242 Å². The first kappa shape index (κ1) is 38.0. The molecule has 0 aliphatic rings. The van der Waals surface area contributed by atoms with Gasteiger partial charge in [0.2, 0.25) is 0 Å². The van der Waals surface area contributed by atoms with E-state index in [2.05, 4.69) is 234 Å². The molecular weight excluding hydrogens is 787 g/mol. The number of nitrogens with zero attached hydrogens (tertiary/aromatic N) is 3. The number of aromatic nitrogens is 2. The van der Waals surface area contributed by atoms with E-state index in [-0.39, 0.29) is 0 Å². The summed E-state index contributed by atoms with van der Waals surface area (Å²) in [5.74, 6) is 0. The molecule has 0 spiro atoms. The van der Waals surface area contributed by atoms with Crippen LogP contribution in [0.1, 0.15) is 11.1 Å². The Morgan fingerprint density at radius 3 is 1.08 bits per heavy atom. The van der Waals surface area contributed by atoms with Crippen LogP contribution < -0.4 is 0 Å². The highest BCUT2D eigenvalue weighted by molar-refractivity contribution is 6.14. The average Bonchev–Trinajstić information content (AvgIpc) is 3.88. The second-order valence-corrected chi connectivity index (χ2v) is 16.9. The van der Waals surface area contributed by atoms with Gasteiger partial charge in [-0.1, -0.05) is 164 Å². The summed E-state index contributed by atoms with van der Waals surface area (Å²) in [4.78, 5) is 0. The highest BCUT2D eigenvalue weighted by Gasteiger charge is 2.23. The van der Waals surface area contributed by atoms with E-state index in [1.54, 1.807) is 0 Å². The first-order chi connectivity index (χ1) is 32.1. The molecule has 12 rings (SSSR count). The molecule has 65 heavy (non-hydrogen) atoms. The maximum atomic E-state index is 10.1. The quantitative estimate of drug-likeness (QED) is 0.158. The molecule has 0 aliphatic carbocycles. The first-order valence-corrected chi connectivity index (χ1v) is 22.1. The lowest BCUT2D eigenvalue weighted by atomic mass is 9.97. The topological polar surface area (TPSA) is 33.6 Å². The fourth-order valence-corrected chi connectivity index (χ4v) is 10.00. The molecule has 10 aromatic carbocycles. The van der Waals surface area contributed by atoms with Crippen molar-refractivity contribution < 1.29 is 0 Å². The lowest BCUT2D eigenvalue weighted by Gasteiger charge is -2.21. The SMILES string of the molecule is Cc1c(-n2c3ccc(-c4ccccc4)cc3c3cc(-c4ccccc4)ccc32)ccc(-c2cccc(C#N)c2)c1-n1c2ccc(-c3ccccc3)cc2c2cc(-c3ccccc3)ccc21. The molecule has 0 unspecified atom stereocenters. The number of nitriles is 1. The van der Waals surface area contributed by atoms with E-state index in [9.17, 15) is 5.26 Å². The van der Waals surface area contributed by atoms with Crippen molar-refractivity contribution >= 4 is 43.6 Å². The standard InChI is InChI=1S/C62H41N3/c1-41-57(64-58-30-25-47(43-16-6-2-7-17-43)36-53(58)54-37-48(26-31-59(54)64)44-18-8-3-9-19-44)34-29-52(51-24-14-15-42(35-51)40-63)62(41)65-60-32-27-49(45-20-10-4-11-21-45)38-55(60)56-39-50(28-33-61(56)65)46-22-12-5-13-23-46/h2-39H,1H3. The number of fused-ring (bicyclic) bond motifs is 6. The predicted molar refractivity (Wildman–Crippen MR) is 272 cm³/mol. The Labute approximate surface area is 378 Å². The monoisotopic (exact) mass is 827 g/mol. The van der Waals surface area contributed by atoms with Crippen LogP contribution in [0.5, 0.6) is 0 Å². The van der Waals surface area contributed by atoms with Gasteiger partial charge in [0.05, 0.1) is 45.1 Å². The van der Waals surface area contributed by atoms with Gasteiger partial charge in [0.15, 0.2) is 0 Å². The summed E-state index contributed by atoms with van der Waals surface area (Å²) in [6, 6.07) is 85.2. The van der Waals surface area contributed by atoms with E-state index in [0.29, 0.717) is 5.56 Å². The summed E-state index contributed by atoms with van der Waals surface area (Å²) in [6.07, 6.45) is 0. The molecule has 12 aromatic rings. The molecular formula is C62H41N3. The smallest absolute Gasteiger partial charge is 0.0991 e. The summed E-state index contributed by atoms with van der Waals surface area (Å²) in [5.41, 5.74) is 19.9. The normalized spacial score (nSPS) is 11.4. The van der Waals surface area contributed by atoms with Crippen molar-refractivity contribution in [3.63, 3.8) is 0 Å². The van der Waals surface area contributed by atoms with E-state index in [1.807, 2.05) is 18.2 Å². The predicted octanol–water partition coefficient (Wildman–Crippen LogP) is 16.4. The van der Waals surface area contributed by atoms with E-state index in [0.717, 1.165) is 50.1 Å². The van der Waals surface area contributed by atoms with Gasteiger partial charge < -0.3 is 9.13 Å². The van der Waals surface area contributed by atoms with Gasteiger partial charge in [0.25, 0.3) is 0 Å². The number of hydrogen-bond donors (Lipinski definition) is 0. The highest BCUT2D eigenvalue weighted by Crippen LogP contribution is 2.44. The van der Waals surface area contributed by atoms with Gasteiger partial charge in [-0.2, -0.15) is 5.26 Å². The molecule has 0 saturated carbocycles. The Kier molecular flexibility index (Phi) is 9.11. The summed E-state index contributed by atoms with van der Waals surface area (Å²) in [5, 5.41) is 14.9. The molecule has 304 valence electrons. The maximum Gasteiger partial charge on any atom is 0.0991 e. The summed E-state index contributed by atoms with van der Waals surface area (Å²) in [6.45, 7) is 2.27.